The smallest absolute Gasteiger partial charge is 0.344 e. The summed E-state index contributed by atoms with van der Waals surface area (Å²) >= 11 is 0. The summed E-state index contributed by atoms with van der Waals surface area (Å²) in [6.45, 7) is 2.17. The number of nitrogens with two attached hydrogens (primary N) is 1. The molecule has 3 N–H and O–H groups in total. The number of ether oxygens (including phenoxy) is 2. The van der Waals surface area contributed by atoms with Crippen LogP contribution in [0.15, 0.2) is 18.2 Å². The van der Waals surface area contributed by atoms with Crippen LogP contribution in [-0.2, 0) is 27.2 Å². The molecule has 36 heavy (non-hydrogen) atoms. The van der Waals surface area contributed by atoms with E-state index in [9.17, 15) is 9.90 Å². The number of aliphatic hydroxyl groups excluding tert-OH is 1. The van der Waals surface area contributed by atoms with Gasteiger partial charge in [-0.2, -0.15) is 0 Å². The molecule has 3 fully saturated rings. The van der Waals surface area contributed by atoms with Crippen LogP contribution in [0.25, 0.3) is 0 Å². The molecule has 4 aliphatic carbocycles. The van der Waals surface area contributed by atoms with Gasteiger partial charge < -0.3 is 19.4 Å². The number of esters is 1. The maximum atomic E-state index is 12.5. The Morgan fingerprint density at radius 2 is 1.97 bits per heavy atom. The molecule has 0 unspecified atom stereocenters. The van der Waals surface area contributed by atoms with Crippen LogP contribution in [-0.4, -0.2) is 36.0 Å². The predicted octanol–water partition coefficient (Wildman–Crippen LogP) is 5.13. The second kappa shape index (κ2) is 11.8. The summed E-state index contributed by atoms with van der Waals surface area (Å²) in [6, 6.07) is 6.22. The van der Waals surface area contributed by atoms with Gasteiger partial charge in [0.05, 0.1) is 12.2 Å². The molecule has 0 heterocycles. The van der Waals surface area contributed by atoms with Gasteiger partial charge >= 0.3 is 5.97 Å². The highest BCUT2D eigenvalue weighted by Crippen LogP contribution is 2.49. The van der Waals surface area contributed by atoms with Crippen LogP contribution in [0, 0.1) is 29.6 Å². The molecule has 1 aromatic rings. The van der Waals surface area contributed by atoms with Crippen LogP contribution in [0.4, 0.5) is 0 Å². The second-order valence-corrected chi connectivity index (χ2v) is 12.0. The Kier molecular flexibility index (Phi) is 8.54. The third-order valence-corrected chi connectivity index (χ3v) is 9.77. The summed E-state index contributed by atoms with van der Waals surface area (Å²) in [5, 5.41) is 10.5. The Morgan fingerprint density at radius 3 is 2.72 bits per heavy atom. The first-order valence-corrected chi connectivity index (χ1v) is 14.5. The first kappa shape index (κ1) is 26.0. The lowest BCUT2D eigenvalue weighted by molar-refractivity contribution is -0.153. The van der Waals surface area contributed by atoms with Gasteiger partial charge in [-0.25, -0.2) is 10.7 Å². The molecule has 0 amide bonds. The van der Waals surface area contributed by atoms with Crippen molar-refractivity contribution in [2.24, 2.45) is 35.5 Å². The molecule has 4 aliphatic rings. The van der Waals surface area contributed by atoms with E-state index in [1.807, 2.05) is 12.1 Å². The molecular formula is C30H45NO5. The van der Waals surface area contributed by atoms with Crippen molar-refractivity contribution in [2.45, 2.75) is 109 Å². The lowest BCUT2D eigenvalue weighted by Crippen LogP contribution is -2.30. The van der Waals surface area contributed by atoms with Gasteiger partial charge in [0.2, 0.25) is 0 Å². The normalized spacial score (nSPS) is 33.2. The van der Waals surface area contributed by atoms with Gasteiger partial charge in [-0.3, -0.25) is 0 Å². The maximum absolute atomic E-state index is 12.5. The number of hydrogen-bond acceptors (Lipinski definition) is 6. The first-order chi connectivity index (χ1) is 17.6. The third-order valence-electron chi connectivity index (χ3n) is 9.77. The molecule has 6 heteroatoms. The molecule has 0 saturated heterocycles. The van der Waals surface area contributed by atoms with E-state index >= 15 is 0 Å². The van der Waals surface area contributed by atoms with Crippen molar-refractivity contribution in [3.05, 3.63) is 29.3 Å². The van der Waals surface area contributed by atoms with E-state index in [4.69, 9.17) is 20.2 Å². The fourth-order valence-corrected chi connectivity index (χ4v) is 7.90. The molecule has 3 saturated carbocycles. The molecule has 0 radical (unpaired) electrons. The molecule has 6 nitrogen and oxygen atoms in total. The molecule has 200 valence electrons. The lowest BCUT2D eigenvalue weighted by atomic mass is 9.73. The fourth-order valence-electron chi connectivity index (χ4n) is 7.90. The zero-order valence-corrected chi connectivity index (χ0v) is 21.9. The van der Waals surface area contributed by atoms with Gasteiger partial charge in [0.15, 0.2) is 6.61 Å². The van der Waals surface area contributed by atoms with E-state index < -0.39 is 0 Å². The van der Waals surface area contributed by atoms with E-state index in [0.29, 0.717) is 23.7 Å². The van der Waals surface area contributed by atoms with E-state index in [-0.39, 0.29) is 30.9 Å². The average molecular weight is 500 g/mol. The average Bonchev–Trinajstić information content (AvgIpc) is 3.59. The van der Waals surface area contributed by atoms with Crippen molar-refractivity contribution in [2.75, 3.05) is 6.61 Å². The van der Waals surface area contributed by atoms with Crippen LogP contribution in [0.1, 0.15) is 88.7 Å². The summed E-state index contributed by atoms with van der Waals surface area (Å²) in [4.78, 5) is 18.0. The maximum Gasteiger partial charge on any atom is 0.344 e. The van der Waals surface area contributed by atoms with E-state index in [0.717, 1.165) is 63.0 Å². The second-order valence-electron chi connectivity index (χ2n) is 12.0. The minimum absolute atomic E-state index is 0.0223. The number of carbonyl (C=O) groups excluding carboxylic acids is 1. The van der Waals surface area contributed by atoms with E-state index in [1.165, 1.54) is 43.2 Å². The molecule has 1 aromatic carbocycles. The van der Waals surface area contributed by atoms with Crippen molar-refractivity contribution in [1.82, 2.24) is 0 Å². The Labute approximate surface area is 216 Å². The summed E-state index contributed by atoms with van der Waals surface area (Å²) in [7, 11) is 0. The molecular weight excluding hydrogens is 454 g/mol. The molecule has 5 rings (SSSR count). The van der Waals surface area contributed by atoms with Crippen molar-refractivity contribution in [3.8, 4) is 5.75 Å². The predicted molar refractivity (Wildman–Crippen MR) is 138 cm³/mol. The van der Waals surface area contributed by atoms with Gasteiger partial charge in [-0.05, 0) is 111 Å². The molecule has 0 aliphatic heterocycles. The Morgan fingerprint density at radius 1 is 1.08 bits per heavy atom. The van der Waals surface area contributed by atoms with Gasteiger partial charge in [0, 0.05) is 0 Å². The number of unbranched alkanes of at least 4 members (excludes halogenated alkanes) is 2. The third kappa shape index (κ3) is 5.76. The highest BCUT2D eigenvalue weighted by Gasteiger charge is 2.46. The minimum Gasteiger partial charge on any atom is -0.482 e. The highest BCUT2D eigenvalue weighted by atomic mass is 16.6. The van der Waals surface area contributed by atoms with Gasteiger partial charge in [0.25, 0.3) is 0 Å². The van der Waals surface area contributed by atoms with Crippen molar-refractivity contribution >= 4 is 5.97 Å². The topological polar surface area (TPSA) is 91.0 Å². The van der Waals surface area contributed by atoms with Crippen LogP contribution in [0.3, 0.4) is 0 Å². The Balaban J connectivity index is 1.17. The summed E-state index contributed by atoms with van der Waals surface area (Å²) in [5.74, 6) is 9.00. The van der Waals surface area contributed by atoms with Crippen molar-refractivity contribution < 1.29 is 24.2 Å². The summed E-state index contributed by atoms with van der Waals surface area (Å²) in [6.07, 6.45) is 13.6. The SMILES string of the molecule is CCCCC[C@H](O)CC[C@@H]1[C@H]2Cc3cccc(OCC(=O)O[C@@H]4C[C@@H]5CC[C@H]4C5)c3C[C@H]2C[C@H]1ON. The van der Waals surface area contributed by atoms with Crippen molar-refractivity contribution in [3.63, 3.8) is 0 Å². The standard InChI is InChI=1S/C30H45NO5/c1-2-3-4-7-23(32)11-12-24-25-15-20-6-5-8-27(26(20)16-22(25)17-29(24)36-31)34-18-30(33)35-28-14-19-9-10-21(28)13-19/h5-6,8,19,21-25,28-29,32H,2-4,7,9-18,31H2,1H3/t19-,21+,22+,23+,24-,25+,28-,29-/m1/s1. The largest absolute Gasteiger partial charge is 0.482 e. The number of carbonyl (C=O) groups is 1. The zero-order valence-electron chi connectivity index (χ0n) is 21.9. The summed E-state index contributed by atoms with van der Waals surface area (Å²) in [5.41, 5.74) is 2.53. The van der Waals surface area contributed by atoms with Crippen LogP contribution in [0.5, 0.6) is 5.75 Å². The van der Waals surface area contributed by atoms with Crippen LogP contribution < -0.4 is 10.6 Å². The van der Waals surface area contributed by atoms with Gasteiger partial charge in [0.1, 0.15) is 11.9 Å². The molecule has 8 atom stereocenters. The quantitative estimate of drug-likeness (QED) is 0.235. The van der Waals surface area contributed by atoms with Gasteiger partial charge in [-0.15, -0.1) is 0 Å². The number of rotatable bonds is 12. The monoisotopic (exact) mass is 499 g/mol. The number of hydrogen-bond donors (Lipinski definition) is 2. The van der Waals surface area contributed by atoms with Gasteiger partial charge in [-0.1, -0.05) is 38.3 Å². The zero-order chi connectivity index (χ0) is 25.1. The molecule has 0 aromatic heterocycles. The Bertz CT molecular complexity index is 890. The van der Waals surface area contributed by atoms with E-state index in [2.05, 4.69) is 13.0 Å². The van der Waals surface area contributed by atoms with Crippen LogP contribution >= 0.6 is 0 Å². The van der Waals surface area contributed by atoms with Crippen LogP contribution in [0.2, 0.25) is 0 Å². The lowest BCUT2D eigenvalue weighted by Gasteiger charge is -2.32. The van der Waals surface area contributed by atoms with E-state index in [1.54, 1.807) is 0 Å². The summed E-state index contributed by atoms with van der Waals surface area (Å²) < 4.78 is 11.8. The number of benzene rings is 1. The molecule has 0 spiro atoms. The van der Waals surface area contributed by atoms with Crippen molar-refractivity contribution in [1.29, 1.82) is 0 Å². The highest BCUT2D eigenvalue weighted by molar-refractivity contribution is 5.71. The number of fused-ring (bicyclic) bond motifs is 4. The molecule has 2 bridgehead atoms. The Hall–Kier alpha value is -1.63. The minimum atomic E-state index is -0.242. The first-order valence-electron chi connectivity index (χ1n) is 14.5. The number of aliphatic hydroxyl groups is 1. The fraction of sp³-hybridized carbons (Fsp3) is 0.767.